The molecule has 140 valence electrons. The zero-order chi connectivity index (χ0) is 17.8. The van der Waals surface area contributed by atoms with Gasteiger partial charge in [-0.3, -0.25) is 0 Å². The molecule has 3 rings (SSSR count). The van der Waals surface area contributed by atoms with E-state index in [4.69, 9.17) is 33.2 Å². The van der Waals surface area contributed by atoms with Crippen molar-refractivity contribution in [3.63, 3.8) is 0 Å². The summed E-state index contributed by atoms with van der Waals surface area (Å²) < 4.78 is 41.3. The number of hydrogen-bond donors (Lipinski definition) is 1. The third kappa shape index (κ3) is 2.89. The molecule has 3 aliphatic rings. The van der Waals surface area contributed by atoms with Gasteiger partial charge in [-0.2, -0.15) is 0 Å². The van der Waals surface area contributed by atoms with E-state index in [0.29, 0.717) is 0 Å². The second-order valence-electron chi connectivity index (χ2n) is 7.32. The fourth-order valence-corrected chi connectivity index (χ4v) is 3.89. The fraction of sp³-hybridized carbons (Fsp3) is 1.00. The van der Waals surface area contributed by atoms with Crippen LogP contribution < -0.4 is 0 Å². The first-order chi connectivity index (χ1) is 11.2. The van der Waals surface area contributed by atoms with Crippen LogP contribution in [0.2, 0.25) is 0 Å². The second kappa shape index (κ2) is 6.14. The molecule has 6 atom stereocenters. The maximum Gasteiger partial charge on any atom is 0.230 e. The van der Waals surface area contributed by atoms with Crippen LogP contribution in [0.25, 0.3) is 0 Å². The maximum absolute atomic E-state index is 9.66. The standard InChI is InChI=1S/C16H28O8/c1-14(2)21-10-8-20-16(12(19-6)9(7-17)18-5)13(11(10)22-14)23-15(3,4)24-16/h9-13,17H,7-8H2,1-6H3/t9-,10-,11-,12-,13+,16+/m1/s1. The highest BCUT2D eigenvalue weighted by molar-refractivity contribution is 5.08. The number of rotatable bonds is 5. The molecule has 0 amide bonds. The lowest BCUT2D eigenvalue weighted by atomic mass is 9.90. The van der Waals surface area contributed by atoms with Crippen molar-refractivity contribution in [2.75, 3.05) is 27.4 Å². The Morgan fingerprint density at radius 1 is 1.04 bits per heavy atom. The summed E-state index contributed by atoms with van der Waals surface area (Å²) in [6.45, 7) is 7.35. The number of hydrogen-bond acceptors (Lipinski definition) is 8. The largest absolute Gasteiger partial charge is 0.394 e. The first-order valence-corrected chi connectivity index (χ1v) is 8.22. The van der Waals surface area contributed by atoms with E-state index in [9.17, 15) is 5.11 Å². The van der Waals surface area contributed by atoms with Crippen molar-refractivity contribution in [2.24, 2.45) is 0 Å². The van der Waals surface area contributed by atoms with Gasteiger partial charge in [0.2, 0.25) is 5.79 Å². The van der Waals surface area contributed by atoms with E-state index >= 15 is 0 Å². The lowest BCUT2D eigenvalue weighted by Gasteiger charge is -2.46. The Hall–Kier alpha value is -0.320. The molecule has 0 bridgehead atoms. The predicted octanol–water partition coefficient (Wildman–Crippen LogP) is 0.407. The Kier molecular flexibility index (Phi) is 4.72. The lowest BCUT2D eigenvalue weighted by Crippen LogP contribution is -2.67. The SMILES string of the molecule is CO[C@H]([C@@H](CO)OC)[C@@]12OC[C@H]3OC(C)(C)O[C@H]3[C@@H]1OC(C)(C)O2. The summed E-state index contributed by atoms with van der Waals surface area (Å²) in [5.74, 6) is -2.89. The first kappa shape index (κ1) is 18.5. The average molecular weight is 348 g/mol. The summed E-state index contributed by atoms with van der Waals surface area (Å²) >= 11 is 0. The summed E-state index contributed by atoms with van der Waals surface area (Å²) in [5.41, 5.74) is 0. The quantitative estimate of drug-likeness (QED) is 0.765. The zero-order valence-corrected chi connectivity index (χ0v) is 15.1. The number of methoxy groups -OCH3 is 2. The van der Waals surface area contributed by atoms with Gasteiger partial charge in [-0.15, -0.1) is 0 Å². The molecule has 0 saturated carbocycles. The molecular weight excluding hydrogens is 320 g/mol. The Morgan fingerprint density at radius 3 is 2.33 bits per heavy atom. The fourth-order valence-electron chi connectivity index (χ4n) is 3.89. The molecule has 0 aromatic carbocycles. The highest BCUT2D eigenvalue weighted by Crippen LogP contribution is 2.50. The number of aliphatic hydroxyl groups excluding tert-OH is 1. The monoisotopic (exact) mass is 348 g/mol. The van der Waals surface area contributed by atoms with Crippen LogP contribution in [0.15, 0.2) is 0 Å². The van der Waals surface area contributed by atoms with Crippen LogP contribution in [0, 0.1) is 0 Å². The minimum atomic E-state index is -1.26. The van der Waals surface area contributed by atoms with Crippen molar-refractivity contribution in [2.45, 2.75) is 75.6 Å². The second-order valence-corrected chi connectivity index (χ2v) is 7.32. The van der Waals surface area contributed by atoms with E-state index in [0.717, 1.165) is 0 Å². The van der Waals surface area contributed by atoms with Crippen LogP contribution in [0.1, 0.15) is 27.7 Å². The van der Waals surface area contributed by atoms with Gasteiger partial charge in [0, 0.05) is 14.2 Å². The molecule has 0 radical (unpaired) electrons. The normalized spacial score (nSPS) is 42.4. The van der Waals surface area contributed by atoms with E-state index < -0.39 is 35.7 Å². The van der Waals surface area contributed by atoms with Gasteiger partial charge >= 0.3 is 0 Å². The molecule has 1 N–H and O–H groups in total. The Labute approximate surface area is 142 Å². The molecule has 8 heteroatoms. The lowest BCUT2D eigenvalue weighted by molar-refractivity contribution is -0.335. The van der Waals surface area contributed by atoms with Gasteiger partial charge < -0.3 is 38.3 Å². The first-order valence-electron chi connectivity index (χ1n) is 8.22. The average Bonchev–Trinajstić information content (AvgIpc) is 2.96. The van der Waals surface area contributed by atoms with Crippen molar-refractivity contribution < 1.29 is 38.3 Å². The van der Waals surface area contributed by atoms with Crippen molar-refractivity contribution in [3.8, 4) is 0 Å². The van der Waals surface area contributed by atoms with E-state index in [1.807, 2.05) is 13.8 Å². The van der Waals surface area contributed by atoms with Gasteiger partial charge in [0.15, 0.2) is 11.6 Å². The predicted molar refractivity (Wildman–Crippen MR) is 81.2 cm³/mol. The van der Waals surface area contributed by atoms with Crippen molar-refractivity contribution in [1.82, 2.24) is 0 Å². The summed E-state index contributed by atoms with van der Waals surface area (Å²) in [6.07, 6.45) is -2.55. The third-order valence-corrected chi connectivity index (χ3v) is 4.68. The van der Waals surface area contributed by atoms with Crippen LogP contribution in [-0.2, 0) is 33.2 Å². The number of aliphatic hydroxyl groups is 1. The molecule has 0 unspecified atom stereocenters. The Balaban J connectivity index is 1.97. The van der Waals surface area contributed by atoms with Gasteiger partial charge in [0.05, 0.1) is 13.2 Å². The summed E-state index contributed by atoms with van der Waals surface area (Å²) in [6, 6.07) is 0. The van der Waals surface area contributed by atoms with Crippen LogP contribution in [-0.4, -0.2) is 80.4 Å². The van der Waals surface area contributed by atoms with Gasteiger partial charge in [0.25, 0.3) is 0 Å². The molecular formula is C16H28O8. The zero-order valence-electron chi connectivity index (χ0n) is 15.1. The van der Waals surface area contributed by atoms with Gasteiger partial charge in [-0.1, -0.05) is 0 Å². The Bertz CT molecular complexity index is 463. The molecule has 0 aromatic heterocycles. The molecule has 0 aliphatic carbocycles. The molecule has 8 nitrogen and oxygen atoms in total. The van der Waals surface area contributed by atoms with Crippen molar-refractivity contribution in [1.29, 1.82) is 0 Å². The Morgan fingerprint density at radius 2 is 1.75 bits per heavy atom. The molecule has 0 aromatic rings. The third-order valence-electron chi connectivity index (χ3n) is 4.68. The topological polar surface area (TPSA) is 84.8 Å². The van der Waals surface area contributed by atoms with Crippen LogP contribution in [0.5, 0.6) is 0 Å². The van der Waals surface area contributed by atoms with E-state index in [1.165, 1.54) is 14.2 Å². The summed E-state index contributed by atoms with van der Waals surface area (Å²) in [5, 5.41) is 9.66. The van der Waals surface area contributed by atoms with E-state index in [1.54, 1.807) is 13.8 Å². The van der Waals surface area contributed by atoms with Crippen molar-refractivity contribution >= 4 is 0 Å². The van der Waals surface area contributed by atoms with Gasteiger partial charge in [0.1, 0.15) is 30.5 Å². The van der Waals surface area contributed by atoms with E-state index in [2.05, 4.69) is 0 Å². The molecule has 3 aliphatic heterocycles. The molecule has 3 heterocycles. The summed E-state index contributed by atoms with van der Waals surface area (Å²) in [4.78, 5) is 0. The highest BCUT2D eigenvalue weighted by atomic mass is 16.9. The highest BCUT2D eigenvalue weighted by Gasteiger charge is 2.69. The molecule has 0 spiro atoms. The van der Waals surface area contributed by atoms with Crippen LogP contribution >= 0.6 is 0 Å². The minimum Gasteiger partial charge on any atom is -0.394 e. The number of fused-ring (bicyclic) bond motifs is 3. The van der Waals surface area contributed by atoms with Crippen LogP contribution in [0.4, 0.5) is 0 Å². The maximum atomic E-state index is 9.66. The van der Waals surface area contributed by atoms with Crippen LogP contribution in [0.3, 0.4) is 0 Å². The molecule has 24 heavy (non-hydrogen) atoms. The molecule has 3 fully saturated rings. The van der Waals surface area contributed by atoms with E-state index in [-0.39, 0.29) is 25.4 Å². The molecule has 3 saturated heterocycles. The van der Waals surface area contributed by atoms with Crippen molar-refractivity contribution in [3.05, 3.63) is 0 Å². The summed E-state index contributed by atoms with van der Waals surface area (Å²) in [7, 11) is 3.03. The van der Waals surface area contributed by atoms with Gasteiger partial charge in [-0.25, -0.2) is 0 Å². The smallest absolute Gasteiger partial charge is 0.230 e. The number of ether oxygens (including phenoxy) is 7. The minimum absolute atomic E-state index is 0.242. The van der Waals surface area contributed by atoms with Gasteiger partial charge in [-0.05, 0) is 27.7 Å².